The van der Waals surface area contributed by atoms with Gasteiger partial charge in [-0.3, -0.25) is 4.21 Å². The molecule has 2 atom stereocenters. The molecule has 1 aromatic carbocycles. The lowest BCUT2D eigenvalue weighted by atomic mass is 10.2. The lowest BCUT2D eigenvalue weighted by molar-refractivity contribution is 0.303. The molecule has 2 unspecified atom stereocenters. The van der Waals surface area contributed by atoms with Crippen molar-refractivity contribution in [1.82, 2.24) is 0 Å². The minimum atomic E-state index is -1.29. The van der Waals surface area contributed by atoms with Gasteiger partial charge in [0.15, 0.2) is 5.44 Å². The third-order valence-corrected chi connectivity index (χ3v) is 3.20. The summed E-state index contributed by atoms with van der Waals surface area (Å²) in [6.07, 6.45) is 3.35. The quantitative estimate of drug-likeness (QED) is 0.650. The summed E-state index contributed by atoms with van der Waals surface area (Å²) in [6.45, 7) is 0. The van der Waals surface area contributed by atoms with E-state index in [1.165, 1.54) is 0 Å². The number of hydrogen-bond donors (Lipinski definition) is 1. The highest BCUT2D eigenvalue weighted by atomic mass is 32.2. The molecule has 1 heterocycles. The molecule has 2 rings (SSSR count). The van der Waals surface area contributed by atoms with Crippen molar-refractivity contribution < 1.29 is 9.32 Å². The minimum Gasteiger partial charge on any atom is -0.376 e. The average Bonchev–Trinajstić information content (AvgIpc) is 2.12. The number of hydrogen-bond acceptors (Lipinski definition) is 2. The van der Waals surface area contributed by atoms with Crippen LogP contribution in [0.5, 0.6) is 0 Å². The van der Waals surface area contributed by atoms with Gasteiger partial charge >= 0.3 is 0 Å². The van der Waals surface area contributed by atoms with Gasteiger partial charge in [0.2, 0.25) is 0 Å². The van der Waals surface area contributed by atoms with Gasteiger partial charge < -0.3 is 5.11 Å². The molecule has 0 fully saturated rings. The van der Waals surface area contributed by atoms with Gasteiger partial charge in [-0.05, 0) is 17.7 Å². The summed E-state index contributed by atoms with van der Waals surface area (Å²) < 4.78 is 11.4. The van der Waals surface area contributed by atoms with E-state index in [1.54, 1.807) is 18.2 Å². The fraction of sp³-hybridized carbons (Fsp3) is 0.111. The van der Waals surface area contributed by atoms with Gasteiger partial charge in [0.25, 0.3) is 0 Å². The summed E-state index contributed by atoms with van der Waals surface area (Å²) in [7, 11) is -1.29. The topological polar surface area (TPSA) is 37.3 Å². The standard InChI is InChI=1S/C9H8O2S/c10-9-6-5-7-3-1-2-4-8(7)12(9)11/h1-6,9-10H. The SMILES string of the molecule is O=S1c2ccccc2C=CC1O. The van der Waals surface area contributed by atoms with Gasteiger partial charge in [0, 0.05) is 4.90 Å². The van der Waals surface area contributed by atoms with E-state index in [0.717, 1.165) is 5.56 Å². The fourth-order valence-electron chi connectivity index (χ4n) is 1.19. The molecule has 1 aromatic rings. The fourth-order valence-corrected chi connectivity index (χ4v) is 2.25. The number of aliphatic hydroxyl groups is 1. The molecule has 0 bridgehead atoms. The van der Waals surface area contributed by atoms with Crippen molar-refractivity contribution in [2.24, 2.45) is 0 Å². The maximum atomic E-state index is 11.4. The molecule has 12 heavy (non-hydrogen) atoms. The summed E-state index contributed by atoms with van der Waals surface area (Å²) >= 11 is 0. The molecule has 0 saturated carbocycles. The van der Waals surface area contributed by atoms with Crippen molar-refractivity contribution in [2.75, 3.05) is 0 Å². The van der Waals surface area contributed by atoms with E-state index in [-0.39, 0.29) is 0 Å². The van der Waals surface area contributed by atoms with Crippen molar-refractivity contribution in [3.05, 3.63) is 35.9 Å². The first-order valence-corrected chi connectivity index (χ1v) is 4.86. The summed E-state index contributed by atoms with van der Waals surface area (Å²) in [5.74, 6) is 0. The Labute approximate surface area is 73.0 Å². The van der Waals surface area contributed by atoms with Gasteiger partial charge in [0.05, 0.1) is 10.8 Å². The smallest absolute Gasteiger partial charge is 0.152 e. The Balaban J connectivity index is 2.59. The van der Waals surface area contributed by atoms with Crippen LogP contribution in [0.2, 0.25) is 0 Å². The number of benzene rings is 1. The molecule has 3 heteroatoms. The van der Waals surface area contributed by atoms with Crippen molar-refractivity contribution in [3.63, 3.8) is 0 Å². The lowest BCUT2D eigenvalue weighted by Gasteiger charge is -2.13. The summed E-state index contributed by atoms with van der Waals surface area (Å²) in [5.41, 5.74) is 0.0843. The van der Waals surface area contributed by atoms with Crippen LogP contribution in [0.4, 0.5) is 0 Å². The van der Waals surface area contributed by atoms with Crippen molar-refractivity contribution in [2.45, 2.75) is 10.3 Å². The molecule has 1 aliphatic heterocycles. The van der Waals surface area contributed by atoms with Crippen LogP contribution in [0.15, 0.2) is 35.2 Å². The summed E-state index contributed by atoms with van der Waals surface area (Å²) in [6, 6.07) is 7.37. The van der Waals surface area contributed by atoms with Crippen LogP contribution in [-0.2, 0) is 10.8 Å². The van der Waals surface area contributed by atoms with Gasteiger partial charge in [-0.1, -0.05) is 24.3 Å². The van der Waals surface area contributed by atoms with Crippen molar-refractivity contribution >= 4 is 16.9 Å². The Kier molecular flexibility index (Phi) is 1.83. The third-order valence-electron chi connectivity index (χ3n) is 1.80. The average molecular weight is 180 g/mol. The van der Waals surface area contributed by atoms with Gasteiger partial charge in [-0.25, -0.2) is 0 Å². The van der Waals surface area contributed by atoms with Crippen LogP contribution in [0, 0.1) is 0 Å². The second-order valence-corrected chi connectivity index (χ2v) is 4.10. The van der Waals surface area contributed by atoms with Crippen molar-refractivity contribution in [1.29, 1.82) is 0 Å². The first-order chi connectivity index (χ1) is 5.79. The van der Waals surface area contributed by atoms with Crippen molar-refractivity contribution in [3.8, 4) is 0 Å². The van der Waals surface area contributed by atoms with Crippen LogP contribution < -0.4 is 0 Å². The minimum absolute atomic E-state index is 0.715. The van der Waals surface area contributed by atoms with E-state index in [0.29, 0.717) is 4.90 Å². The molecule has 0 aromatic heterocycles. The zero-order chi connectivity index (χ0) is 8.55. The molecule has 0 radical (unpaired) electrons. The Morgan fingerprint density at radius 3 is 2.92 bits per heavy atom. The number of aliphatic hydroxyl groups excluding tert-OH is 1. The second kappa shape index (κ2) is 2.84. The van der Waals surface area contributed by atoms with Crippen LogP contribution in [0.1, 0.15) is 5.56 Å². The highest BCUT2D eigenvalue weighted by Crippen LogP contribution is 2.22. The first kappa shape index (κ1) is 7.71. The van der Waals surface area contributed by atoms with Crippen LogP contribution in [-0.4, -0.2) is 14.8 Å². The number of rotatable bonds is 0. The van der Waals surface area contributed by atoms with E-state index in [2.05, 4.69) is 0 Å². The normalized spacial score (nSPS) is 26.8. The highest BCUT2D eigenvalue weighted by Gasteiger charge is 2.18. The third kappa shape index (κ3) is 1.11. The van der Waals surface area contributed by atoms with Gasteiger partial charge in [-0.2, -0.15) is 0 Å². The van der Waals surface area contributed by atoms with Gasteiger partial charge in [-0.15, -0.1) is 0 Å². The Morgan fingerprint density at radius 2 is 2.08 bits per heavy atom. The van der Waals surface area contributed by atoms with Crippen LogP contribution in [0.25, 0.3) is 6.08 Å². The lowest BCUT2D eigenvalue weighted by Crippen LogP contribution is -2.15. The maximum Gasteiger partial charge on any atom is 0.152 e. The summed E-state index contributed by atoms with van der Waals surface area (Å²) in [4.78, 5) is 0.715. The van der Waals surface area contributed by atoms with E-state index in [1.807, 2.05) is 18.2 Å². The Morgan fingerprint density at radius 1 is 1.33 bits per heavy atom. The second-order valence-electron chi connectivity index (χ2n) is 2.58. The molecule has 1 aliphatic rings. The summed E-state index contributed by atoms with van der Waals surface area (Å²) in [5, 5.41) is 9.24. The molecule has 0 aliphatic carbocycles. The monoisotopic (exact) mass is 180 g/mol. The van der Waals surface area contributed by atoms with E-state index < -0.39 is 16.2 Å². The first-order valence-electron chi connectivity index (χ1n) is 3.65. The molecule has 2 nitrogen and oxygen atoms in total. The van der Waals surface area contributed by atoms with Crippen LogP contribution >= 0.6 is 0 Å². The molecule has 1 N–H and O–H groups in total. The highest BCUT2D eigenvalue weighted by molar-refractivity contribution is 7.85. The van der Waals surface area contributed by atoms with Gasteiger partial charge in [0.1, 0.15) is 0 Å². The Bertz CT molecular complexity index is 357. The Hall–Kier alpha value is -0.930. The zero-order valence-electron chi connectivity index (χ0n) is 6.31. The predicted molar refractivity (Wildman–Crippen MR) is 47.9 cm³/mol. The molecular weight excluding hydrogens is 172 g/mol. The molecular formula is C9H8O2S. The van der Waals surface area contributed by atoms with E-state index in [9.17, 15) is 9.32 Å². The maximum absolute atomic E-state index is 11.4. The zero-order valence-corrected chi connectivity index (χ0v) is 7.12. The predicted octanol–water partition coefficient (Wildman–Crippen LogP) is 1.14. The van der Waals surface area contributed by atoms with E-state index in [4.69, 9.17) is 0 Å². The molecule has 0 spiro atoms. The molecule has 62 valence electrons. The van der Waals surface area contributed by atoms with Crippen LogP contribution in [0.3, 0.4) is 0 Å². The van der Waals surface area contributed by atoms with E-state index >= 15 is 0 Å². The molecule has 0 saturated heterocycles. The number of fused-ring (bicyclic) bond motifs is 1. The largest absolute Gasteiger partial charge is 0.376 e. The molecule has 0 amide bonds.